The number of benzene rings is 4. The second-order valence-electron chi connectivity index (χ2n) is 19.0. The molecule has 0 unspecified atom stereocenters. The summed E-state index contributed by atoms with van der Waals surface area (Å²) in [7, 11) is 13.4. The lowest BCUT2D eigenvalue weighted by molar-refractivity contribution is -0.114. The zero-order chi connectivity index (χ0) is 58.1. The van der Waals surface area contributed by atoms with Gasteiger partial charge in [-0.25, -0.2) is 38.7 Å². The lowest BCUT2D eigenvalue weighted by Crippen LogP contribution is -2.27. The molecule has 424 valence electrons. The maximum Gasteiger partial charge on any atom is 0.339 e. The lowest BCUT2D eigenvalue weighted by atomic mass is 10.2. The number of imidazole rings is 2. The van der Waals surface area contributed by atoms with Crippen molar-refractivity contribution in [2.45, 2.75) is 20.4 Å². The summed E-state index contributed by atoms with van der Waals surface area (Å²) in [6.45, 7) is 5.63. The zero-order valence-corrected chi connectivity index (χ0v) is 46.9. The molecule has 8 rings (SSSR count). The summed E-state index contributed by atoms with van der Waals surface area (Å²) in [6.07, 6.45) is 7.53. The maximum atomic E-state index is 14.9. The number of likely N-dealkylation sites (N-methyl/N-ethyl adjacent to an activating group) is 3. The molecular formula is C57H66N14O10. The van der Waals surface area contributed by atoms with E-state index >= 15 is 0 Å². The lowest BCUT2D eigenvalue weighted by Gasteiger charge is -2.21. The van der Waals surface area contributed by atoms with E-state index in [0.717, 1.165) is 11.1 Å². The van der Waals surface area contributed by atoms with Crippen molar-refractivity contribution < 1.29 is 38.0 Å². The van der Waals surface area contributed by atoms with E-state index in [1.807, 2.05) is 56.9 Å². The van der Waals surface area contributed by atoms with Gasteiger partial charge in [0.15, 0.2) is 22.9 Å². The fourth-order valence-corrected chi connectivity index (χ4v) is 8.92. The van der Waals surface area contributed by atoms with E-state index in [4.69, 9.17) is 44.9 Å². The topological polar surface area (TPSA) is 269 Å². The van der Waals surface area contributed by atoms with Crippen LogP contribution in [0.4, 0.5) is 23.0 Å². The molecule has 24 nitrogen and oxygen atoms in total. The van der Waals surface area contributed by atoms with E-state index in [1.165, 1.54) is 41.6 Å². The zero-order valence-electron chi connectivity index (χ0n) is 46.9. The first-order valence-electron chi connectivity index (χ1n) is 25.6. The van der Waals surface area contributed by atoms with Crippen molar-refractivity contribution in [3.63, 3.8) is 0 Å². The Bertz CT molecular complexity index is 3800. The number of rotatable bonds is 24. The first kappa shape index (κ1) is 57.8. The van der Waals surface area contributed by atoms with Crippen LogP contribution >= 0.6 is 0 Å². The number of carbonyl (C=O) groups is 2. The van der Waals surface area contributed by atoms with Crippen LogP contribution in [0.5, 0.6) is 23.0 Å². The van der Waals surface area contributed by atoms with Gasteiger partial charge in [0.1, 0.15) is 59.4 Å². The number of aromatic nitrogens is 8. The molecule has 0 fully saturated rings. The highest BCUT2D eigenvalue weighted by Gasteiger charge is 2.26. The van der Waals surface area contributed by atoms with Crippen molar-refractivity contribution in [2.75, 3.05) is 118 Å². The van der Waals surface area contributed by atoms with Crippen LogP contribution in [0.2, 0.25) is 0 Å². The molecule has 24 heteroatoms. The van der Waals surface area contributed by atoms with Gasteiger partial charge in [0.2, 0.25) is 5.91 Å². The van der Waals surface area contributed by atoms with E-state index in [9.17, 15) is 19.2 Å². The number of nitrogens with zero attached hydrogens (tertiary/aromatic N) is 11. The Hall–Kier alpha value is -9.36. The molecule has 5 N–H and O–H groups in total. The molecule has 0 saturated carbocycles. The molecule has 4 aromatic carbocycles. The normalized spacial score (nSPS) is 11.7. The molecule has 0 saturated heterocycles. The average Bonchev–Trinajstić information content (AvgIpc) is 4.15. The number of nitrogen functional groups attached to an aromatic ring is 2. The molecular weight excluding hydrogens is 1040 g/mol. The monoisotopic (exact) mass is 1110 g/mol. The number of nitrogens with one attached hydrogen (secondary N) is 1. The highest BCUT2D eigenvalue weighted by atomic mass is 16.5. The van der Waals surface area contributed by atoms with Crippen LogP contribution in [0, 0.1) is 13.8 Å². The predicted octanol–water partition coefficient (Wildman–Crippen LogP) is 5.01. The molecule has 0 aliphatic heterocycles. The average molecular weight is 1110 g/mol. The summed E-state index contributed by atoms with van der Waals surface area (Å²) >= 11 is 0. The number of fused-ring (bicyclic) bond motifs is 2. The minimum atomic E-state index is -0.525. The van der Waals surface area contributed by atoms with Crippen molar-refractivity contribution in [3.05, 3.63) is 141 Å². The highest BCUT2D eigenvalue weighted by molar-refractivity contribution is 6.02. The van der Waals surface area contributed by atoms with Crippen LogP contribution in [0.15, 0.2) is 113 Å². The molecule has 0 spiro atoms. The van der Waals surface area contributed by atoms with Gasteiger partial charge in [-0.1, -0.05) is 24.3 Å². The predicted molar refractivity (Wildman–Crippen MR) is 310 cm³/mol. The number of hydrogen-bond donors (Lipinski definition) is 3. The Morgan fingerprint density at radius 2 is 1.15 bits per heavy atom. The van der Waals surface area contributed by atoms with Crippen LogP contribution in [0.25, 0.3) is 45.1 Å². The van der Waals surface area contributed by atoms with Crippen LogP contribution < -0.4 is 52.0 Å². The molecule has 0 radical (unpaired) electrons. The second kappa shape index (κ2) is 25.6. The third-order valence-electron chi connectivity index (χ3n) is 13.0. The van der Waals surface area contributed by atoms with Gasteiger partial charge in [-0.05, 0) is 94.6 Å². The van der Waals surface area contributed by atoms with Gasteiger partial charge in [0, 0.05) is 58.6 Å². The molecule has 2 amide bonds. The van der Waals surface area contributed by atoms with Gasteiger partial charge in [-0.3, -0.25) is 23.6 Å². The number of anilines is 4. The first-order chi connectivity index (χ1) is 39.0. The summed E-state index contributed by atoms with van der Waals surface area (Å²) in [4.78, 5) is 80.3. The third kappa shape index (κ3) is 12.6. The molecule has 0 atom stereocenters. The Kier molecular flexibility index (Phi) is 18.3. The standard InChI is InChI=1S/C57H66N14O10/c1-35-15-17-39(31-45(35)78-9)68-50-52(58)60-34-61-54(50)70(56(68)74)38-20-22-44(81-28-26-77-8)42(30-38)67(6)49(73)14-12-24-66(5)33-47-63-53(59)51-55(64-47)71(57(75)69(51)40-18-16-36(2)46(32-40)79-10)37-19-21-43(80-27-25-76-7)41(29-37)62-48(72)13-11-23-65(3)4/h11-22,29-32,34H,23-28,33H2,1-10H3,(H,62,72)(H2,58,60,61)(H2,59,63,64)/b13-11+,14-12+. The fourth-order valence-electron chi connectivity index (χ4n) is 8.92. The van der Waals surface area contributed by atoms with Crippen LogP contribution in [0.3, 0.4) is 0 Å². The molecule has 4 heterocycles. The summed E-state index contributed by atoms with van der Waals surface area (Å²) in [5.74, 6) is 1.37. The van der Waals surface area contributed by atoms with E-state index < -0.39 is 23.2 Å². The van der Waals surface area contributed by atoms with Gasteiger partial charge < -0.3 is 55.0 Å². The smallest absolute Gasteiger partial charge is 0.339 e. The van der Waals surface area contributed by atoms with Crippen molar-refractivity contribution in [2.24, 2.45) is 0 Å². The van der Waals surface area contributed by atoms with Crippen molar-refractivity contribution in [3.8, 4) is 45.7 Å². The summed E-state index contributed by atoms with van der Waals surface area (Å²) in [5, 5.41) is 2.90. The molecule has 81 heavy (non-hydrogen) atoms. The summed E-state index contributed by atoms with van der Waals surface area (Å²) in [6, 6.07) is 20.7. The van der Waals surface area contributed by atoms with E-state index in [-0.39, 0.29) is 72.7 Å². The van der Waals surface area contributed by atoms with Gasteiger partial charge in [0.25, 0.3) is 5.91 Å². The largest absolute Gasteiger partial charge is 0.496 e. The number of hydrogen-bond acceptors (Lipinski definition) is 18. The molecule has 4 aromatic heterocycles. The van der Waals surface area contributed by atoms with E-state index in [2.05, 4.69) is 20.3 Å². The number of amides is 2. The first-order valence-corrected chi connectivity index (χ1v) is 25.6. The Labute approximate surface area is 467 Å². The fraction of sp³-hybridized carbons (Fsp3) is 0.298. The number of methoxy groups -OCH3 is 4. The number of nitrogens with two attached hydrogens (primary N) is 2. The van der Waals surface area contributed by atoms with Gasteiger partial charge in [0.05, 0.1) is 68.1 Å². The Balaban J connectivity index is 1.11. The van der Waals surface area contributed by atoms with Crippen molar-refractivity contribution >= 4 is 57.2 Å². The minimum absolute atomic E-state index is 0.0223. The van der Waals surface area contributed by atoms with Crippen molar-refractivity contribution in [1.29, 1.82) is 0 Å². The van der Waals surface area contributed by atoms with Gasteiger partial charge in [-0.2, -0.15) is 0 Å². The third-order valence-corrected chi connectivity index (χ3v) is 13.0. The van der Waals surface area contributed by atoms with Crippen molar-refractivity contribution in [1.82, 2.24) is 48.0 Å². The number of carbonyl (C=O) groups excluding carboxylic acids is 2. The quantitative estimate of drug-likeness (QED) is 0.0530. The molecule has 0 aliphatic rings. The molecule has 0 bridgehead atoms. The summed E-state index contributed by atoms with van der Waals surface area (Å²) < 4.78 is 39.4. The minimum Gasteiger partial charge on any atom is -0.496 e. The molecule has 8 aromatic rings. The second-order valence-corrected chi connectivity index (χ2v) is 19.0. The van der Waals surface area contributed by atoms with Crippen LogP contribution in [0.1, 0.15) is 17.0 Å². The van der Waals surface area contributed by atoms with Crippen LogP contribution in [-0.2, 0) is 25.6 Å². The van der Waals surface area contributed by atoms with Crippen LogP contribution in [-0.4, -0.2) is 156 Å². The van der Waals surface area contributed by atoms with Gasteiger partial charge in [-0.15, -0.1) is 0 Å². The highest BCUT2D eigenvalue weighted by Crippen LogP contribution is 2.34. The summed E-state index contributed by atoms with van der Waals surface area (Å²) in [5.41, 5.74) is 17.2. The SMILES string of the molecule is COCCOc1ccc(-n2c(=O)n(-c3ccc(C)c(OC)c3)c3c(N)nc(CN(C)C/C=C/C(=O)N(C)c4cc(-n5c(=O)n(-c6ccc(C)c(OC)c6)c6c(N)ncnc65)ccc4OCCOC)nc32)cc1NC(=O)/C=C/CN(C)C. The van der Waals surface area contributed by atoms with E-state index in [0.29, 0.717) is 70.3 Å². The molecule has 0 aliphatic carbocycles. The maximum absolute atomic E-state index is 14.9. The van der Waals surface area contributed by atoms with E-state index in [1.54, 1.807) is 108 Å². The number of aryl methyl sites for hydroxylation is 2. The van der Waals surface area contributed by atoms with Gasteiger partial charge >= 0.3 is 11.4 Å². The Morgan fingerprint density at radius 1 is 0.605 bits per heavy atom. The number of ether oxygens (including phenoxy) is 6. The Morgan fingerprint density at radius 3 is 1.75 bits per heavy atom.